The van der Waals surface area contributed by atoms with Gasteiger partial charge in [0.1, 0.15) is 5.60 Å². The fraction of sp³-hybridized carbons (Fsp3) is 1.00. The second kappa shape index (κ2) is 6.88. The topological polar surface area (TPSA) is 88.4 Å². The number of rotatable bonds is 2. The summed E-state index contributed by atoms with van der Waals surface area (Å²) in [5.41, 5.74) is -1.22. The summed E-state index contributed by atoms with van der Waals surface area (Å²) in [6, 6.07) is 0. The Morgan fingerprint density at radius 3 is 2.30 bits per heavy atom. The van der Waals surface area contributed by atoms with Gasteiger partial charge in [-0.25, -0.2) is 0 Å². The lowest BCUT2D eigenvalue weighted by molar-refractivity contribution is -0.296. The zero-order chi connectivity index (χ0) is 21.5. The Balaban J connectivity index is 1.52. The molecule has 1 aliphatic heterocycles. The molecular formula is C24H40O6. The van der Waals surface area contributed by atoms with Crippen LogP contribution in [0, 0.1) is 34.5 Å². The van der Waals surface area contributed by atoms with Crippen LogP contribution in [-0.4, -0.2) is 65.3 Å². The van der Waals surface area contributed by atoms with Gasteiger partial charge in [0.2, 0.25) is 0 Å². The summed E-state index contributed by atoms with van der Waals surface area (Å²) in [6.45, 7) is 7.87. The van der Waals surface area contributed by atoms with Crippen LogP contribution in [-0.2, 0) is 14.2 Å². The fourth-order valence-electron chi connectivity index (χ4n) is 9.40. The van der Waals surface area contributed by atoms with Gasteiger partial charge in [-0.05, 0) is 68.6 Å². The van der Waals surface area contributed by atoms with E-state index >= 15 is 0 Å². The molecule has 10 atom stereocenters. The maximum absolute atomic E-state index is 11.6. The molecule has 6 heteroatoms. The van der Waals surface area contributed by atoms with Crippen molar-refractivity contribution in [2.24, 2.45) is 34.5 Å². The van der Waals surface area contributed by atoms with Crippen LogP contribution < -0.4 is 0 Å². The molecule has 0 spiro atoms. The highest BCUT2D eigenvalue weighted by Gasteiger charge is 2.71. The van der Waals surface area contributed by atoms with Gasteiger partial charge in [-0.2, -0.15) is 0 Å². The maximum Gasteiger partial charge on any atom is 0.169 e. The summed E-state index contributed by atoms with van der Waals surface area (Å²) in [5, 5.41) is 33.5. The van der Waals surface area contributed by atoms with E-state index in [0.717, 1.165) is 25.7 Å². The molecule has 3 N–H and O–H groups in total. The molecule has 5 fully saturated rings. The van der Waals surface area contributed by atoms with Crippen LogP contribution in [0.4, 0.5) is 0 Å². The van der Waals surface area contributed by atoms with E-state index in [1.165, 1.54) is 0 Å². The number of aliphatic hydroxyl groups is 3. The van der Waals surface area contributed by atoms with Crippen molar-refractivity contribution in [3.05, 3.63) is 0 Å². The third-order valence-electron chi connectivity index (χ3n) is 10.6. The van der Waals surface area contributed by atoms with Gasteiger partial charge in [-0.3, -0.25) is 0 Å². The number of hydrogen-bond donors (Lipinski definition) is 3. The van der Waals surface area contributed by atoms with E-state index in [-0.39, 0.29) is 28.6 Å². The maximum atomic E-state index is 11.6. The third kappa shape index (κ3) is 2.58. The molecule has 0 bridgehead atoms. The van der Waals surface area contributed by atoms with Crippen molar-refractivity contribution >= 4 is 0 Å². The van der Waals surface area contributed by atoms with Crippen molar-refractivity contribution in [2.45, 2.75) is 95.4 Å². The molecule has 4 aliphatic carbocycles. The lowest BCUT2D eigenvalue weighted by atomic mass is 9.41. The smallest absolute Gasteiger partial charge is 0.169 e. The molecule has 0 amide bonds. The molecule has 0 aromatic heterocycles. The van der Waals surface area contributed by atoms with Gasteiger partial charge in [-0.1, -0.05) is 13.8 Å². The lowest BCUT2D eigenvalue weighted by Gasteiger charge is -2.67. The molecule has 4 saturated carbocycles. The Bertz CT molecular complexity index is 679. The molecule has 6 nitrogen and oxygen atoms in total. The van der Waals surface area contributed by atoms with Crippen LogP contribution in [0.25, 0.3) is 0 Å². The zero-order valence-electron chi connectivity index (χ0n) is 19.0. The number of methoxy groups -OCH3 is 1. The summed E-state index contributed by atoms with van der Waals surface area (Å²) in [7, 11) is 1.67. The van der Waals surface area contributed by atoms with Gasteiger partial charge in [-0.15, -0.1) is 0 Å². The first-order valence-electron chi connectivity index (χ1n) is 12.0. The number of hydrogen-bond acceptors (Lipinski definition) is 6. The standard InChI is InChI=1S/C24H40O6/c1-21-13-17(26)20-15(16(21)5-6-18(21)23(3)29-9-10-30-23)11-19(27)24(28-4)12-14(25)7-8-22(20,24)2/h14-20,25-27H,5-13H2,1-4H3/t14-,15?,16?,17-,18-,19?,20?,21-,22+,24?/m0/s1. The average molecular weight is 425 g/mol. The van der Waals surface area contributed by atoms with Crippen molar-refractivity contribution in [1.82, 2.24) is 0 Å². The number of ether oxygens (including phenoxy) is 3. The van der Waals surface area contributed by atoms with E-state index in [2.05, 4.69) is 20.8 Å². The molecule has 0 radical (unpaired) electrons. The Morgan fingerprint density at radius 2 is 1.63 bits per heavy atom. The summed E-state index contributed by atoms with van der Waals surface area (Å²) in [6.07, 6.45) is 3.86. The first kappa shape index (κ1) is 21.6. The van der Waals surface area contributed by atoms with Gasteiger partial charge in [0.15, 0.2) is 5.79 Å². The molecule has 1 heterocycles. The molecule has 0 aromatic carbocycles. The van der Waals surface area contributed by atoms with E-state index in [1.807, 2.05) is 0 Å². The highest BCUT2D eigenvalue weighted by atomic mass is 16.7. The summed E-state index contributed by atoms with van der Waals surface area (Å²) < 4.78 is 18.2. The molecule has 172 valence electrons. The number of fused-ring (bicyclic) bond motifs is 5. The van der Waals surface area contributed by atoms with Gasteiger partial charge >= 0.3 is 0 Å². The molecule has 30 heavy (non-hydrogen) atoms. The first-order chi connectivity index (χ1) is 14.1. The Morgan fingerprint density at radius 1 is 0.933 bits per heavy atom. The second-order valence-electron chi connectivity index (χ2n) is 11.6. The van der Waals surface area contributed by atoms with E-state index in [1.54, 1.807) is 7.11 Å². The van der Waals surface area contributed by atoms with Crippen molar-refractivity contribution in [3.63, 3.8) is 0 Å². The monoisotopic (exact) mass is 424 g/mol. The third-order valence-corrected chi connectivity index (χ3v) is 10.6. The van der Waals surface area contributed by atoms with Gasteiger partial charge < -0.3 is 29.5 Å². The largest absolute Gasteiger partial charge is 0.393 e. The Labute approximate surface area is 180 Å². The lowest BCUT2D eigenvalue weighted by Crippen LogP contribution is -2.71. The van der Waals surface area contributed by atoms with E-state index in [4.69, 9.17) is 14.2 Å². The average Bonchev–Trinajstić information content (AvgIpc) is 3.26. The van der Waals surface area contributed by atoms with Crippen LogP contribution in [0.5, 0.6) is 0 Å². The van der Waals surface area contributed by atoms with Crippen molar-refractivity contribution in [1.29, 1.82) is 0 Å². The summed E-state index contributed by atoms with van der Waals surface area (Å²) >= 11 is 0. The van der Waals surface area contributed by atoms with Gasteiger partial charge in [0, 0.05) is 24.9 Å². The first-order valence-corrected chi connectivity index (χ1v) is 12.0. The highest BCUT2D eigenvalue weighted by molar-refractivity contribution is 5.20. The second-order valence-corrected chi connectivity index (χ2v) is 11.6. The van der Waals surface area contributed by atoms with Crippen LogP contribution in [0.3, 0.4) is 0 Å². The van der Waals surface area contributed by atoms with E-state index in [9.17, 15) is 15.3 Å². The normalized spacial score (nSPS) is 57.5. The van der Waals surface area contributed by atoms with Crippen molar-refractivity contribution < 1.29 is 29.5 Å². The molecule has 5 unspecified atom stereocenters. The van der Waals surface area contributed by atoms with Gasteiger partial charge in [0.25, 0.3) is 0 Å². The molecular weight excluding hydrogens is 384 g/mol. The van der Waals surface area contributed by atoms with Crippen molar-refractivity contribution in [3.8, 4) is 0 Å². The van der Waals surface area contributed by atoms with Gasteiger partial charge in [0.05, 0.1) is 31.5 Å². The van der Waals surface area contributed by atoms with E-state index < -0.39 is 29.7 Å². The highest BCUT2D eigenvalue weighted by Crippen LogP contribution is 2.70. The van der Waals surface area contributed by atoms with Crippen LogP contribution in [0.1, 0.15) is 65.7 Å². The van der Waals surface area contributed by atoms with Crippen LogP contribution >= 0.6 is 0 Å². The van der Waals surface area contributed by atoms with Crippen LogP contribution in [0.2, 0.25) is 0 Å². The minimum Gasteiger partial charge on any atom is -0.393 e. The summed E-state index contributed by atoms with van der Waals surface area (Å²) in [4.78, 5) is 0. The van der Waals surface area contributed by atoms with Crippen LogP contribution in [0.15, 0.2) is 0 Å². The Hall–Kier alpha value is -0.240. The minimum absolute atomic E-state index is 0.0724. The fourth-order valence-corrected chi connectivity index (χ4v) is 9.40. The number of aliphatic hydroxyl groups excluding tert-OH is 3. The molecule has 5 rings (SSSR count). The minimum atomic E-state index is -0.789. The van der Waals surface area contributed by atoms with Crippen molar-refractivity contribution in [2.75, 3.05) is 20.3 Å². The predicted molar refractivity (Wildman–Crippen MR) is 111 cm³/mol. The van der Waals surface area contributed by atoms with E-state index in [0.29, 0.717) is 38.4 Å². The summed E-state index contributed by atoms with van der Waals surface area (Å²) in [5.74, 6) is 0.420. The zero-order valence-corrected chi connectivity index (χ0v) is 19.0. The predicted octanol–water partition coefficient (Wildman–Crippen LogP) is 2.48. The molecule has 5 aliphatic rings. The molecule has 0 aromatic rings. The quantitative estimate of drug-likeness (QED) is 0.631. The molecule has 1 saturated heterocycles. The Kier molecular flexibility index (Phi) is 4.95. The SMILES string of the molecule is COC12C[C@@H](O)CC[C@]1(C)C1C(CC2O)C2CC[C@H](C3(C)OCCO3)[C@@]2(C)C[C@@H]1O.